The zero-order valence-electron chi connectivity index (χ0n) is 7.46. The summed E-state index contributed by atoms with van der Waals surface area (Å²) in [7, 11) is 0. The van der Waals surface area contributed by atoms with Crippen LogP contribution in [0.15, 0.2) is 12.1 Å². The summed E-state index contributed by atoms with van der Waals surface area (Å²) in [6.45, 7) is 0. The van der Waals surface area contributed by atoms with Gasteiger partial charge in [-0.3, -0.25) is 0 Å². The van der Waals surface area contributed by atoms with Crippen LogP contribution in [0.5, 0.6) is 0 Å². The van der Waals surface area contributed by atoms with Gasteiger partial charge in [0.25, 0.3) is 0 Å². The van der Waals surface area contributed by atoms with Crippen LogP contribution in [0.25, 0.3) is 0 Å². The molecule has 1 aromatic carbocycles. The highest BCUT2D eigenvalue weighted by atomic mass is 35.5. The van der Waals surface area contributed by atoms with Crippen molar-refractivity contribution in [2.75, 3.05) is 0 Å². The average Bonchev–Trinajstić information content (AvgIpc) is 2.46. The number of carbonyl (C=O) groups is 1. The van der Waals surface area contributed by atoms with Gasteiger partial charge in [0, 0.05) is 11.1 Å². The van der Waals surface area contributed by atoms with Crippen molar-refractivity contribution in [2.24, 2.45) is 5.73 Å². The number of carboxylic acid groups (broad SMARTS) is 1. The number of aryl methyl sites for hydroxylation is 1. The number of rotatable bonds is 1. The molecule has 0 amide bonds. The minimum Gasteiger partial charge on any atom is -0.478 e. The molecule has 2 rings (SSSR count). The average molecular weight is 212 g/mol. The fraction of sp³-hybridized carbons (Fsp3) is 0.300. The Hall–Kier alpha value is -1.06. The summed E-state index contributed by atoms with van der Waals surface area (Å²) in [5, 5.41) is 9.44. The number of hydrogen-bond donors (Lipinski definition) is 2. The van der Waals surface area contributed by atoms with E-state index in [0.29, 0.717) is 5.02 Å². The van der Waals surface area contributed by atoms with Gasteiger partial charge in [-0.1, -0.05) is 11.6 Å². The van der Waals surface area contributed by atoms with Gasteiger partial charge in [0.1, 0.15) is 0 Å². The van der Waals surface area contributed by atoms with Crippen molar-refractivity contribution in [1.29, 1.82) is 0 Å². The third-order valence-corrected chi connectivity index (χ3v) is 2.77. The molecule has 0 aromatic heterocycles. The molecule has 3 N–H and O–H groups in total. The molecule has 74 valence electrons. The first kappa shape index (κ1) is 9.49. The van der Waals surface area contributed by atoms with Crippen molar-refractivity contribution >= 4 is 17.6 Å². The molecule has 1 aromatic rings. The third kappa shape index (κ3) is 1.38. The van der Waals surface area contributed by atoms with Gasteiger partial charge in [-0.05, 0) is 36.1 Å². The lowest BCUT2D eigenvalue weighted by molar-refractivity contribution is 0.0695. The molecule has 4 heteroatoms. The van der Waals surface area contributed by atoms with E-state index in [1.165, 1.54) is 6.07 Å². The molecule has 0 aliphatic heterocycles. The van der Waals surface area contributed by atoms with Gasteiger partial charge in [-0.15, -0.1) is 0 Å². The molecule has 0 spiro atoms. The van der Waals surface area contributed by atoms with Crippen LogP contribution in [-0.2, 0) is 6.42 Å². The molecule has 0 radical (unpaired) electrons. The SMILES string of the molecule is N[C@H]1CCc2cc(Cl)cc(C(=O)O)c21. The second kappa shape index (κ2) is 3.26. The molecule has 14 heavy (non-hydrogen) atoms. The van der Waals surface area contributed by atoms with Crippen LogP contribution >= 0.6 is 11.6 Å². The number of nitrogens with two attached hydrogens (primary N) is 1. The first-order valence-corrected chi connectivity index (χ1v) is 4.78. The van der Waals surface area contributed by atoms with E-state index in [0.717, 1.165) is 24.0 Å². The van der Waals surface area contributed by atoms with E-state index in [2.05, 4.69) is 0 Å². The van der Waals surface area contributed by atoms with Crippen LogP contribution in [0.2, 0.25) is 5.02 Å². The van der Waals surface area contributed by atoms with Crippen LogP contribution < -0.4 is 5.73 Å². The molecule has 1 aliphatic carbocycles. The van der Waals surface area contributed by atoms with Gasteiger partial charge in [0.2, 0.25) is 0 Å². The van der Waals surface area contributed by atoms with Gasteiger partial charge >= 0.3 is 5.97 Å². The quantitative estimate of drug-likeness (QED) is 0.747. The summed E-state index contributed by atoms with van der Waals surface area (Å²) in [5.74, 6) is -0.957. The number of aromatic carboxylic acids is 1. The molecule has 1 atom stereocenters. The monoisotopic (exact) mass is 211 g/mol. The van der Waals surface area contributed by atoms with Gasteiger partial charge in [0.15, 0.2) is 0 Å². The Morgan fingerprint density at radius 3 is 2.93 bits per heavy atom. The van der Waals surface area contributed by atoms with Crippen molar-refractivity contribution < 1.29 is 9.90 Å². The van der Waals surface area contributed by atoms with Crippen molar-refractivity contribution in [3.05, 3.63) is 33.8 Å². The van der Waals surface area contributed by atoms with Crippen LogP contribution in [-0.4, -0.2) is 11.1 Å². The summed E-state index contributed by atoms with van der Waals surface area (Å²) < 4.78 is 0. The topological polar surface area (TPSA) is 63.3 Å². The molecule has 0 saturated heterocycles. The van der Waals surface area contributed by atoms with Gasteiger partial charge in [0.05, 0.1) is 5.56 Å². The zero-order valence-corrected chi connectivity index (χ0v) is 8.21. The maximum Gasteiger partial charge on any atom is 0.336 e. The number of halogens is 1. The highest BCUT2D eigenvalue weighted by Crippen LogP contribution is 2.34. The lowest BCUT2D eigenvalue weighted by Gasteiger charge is -2.09. The number of benzene rings is 1. The lowest BCUT2D eigenvalue weighted by atomic mass is 10.0. The largest absolute Gasteiger partial charge is 0.478 e. The predicted octanol–water partition coefficient (Wildman–Crippen LogP) is 1.98. The Kier molecular flexibility index (Phi) is 2.21. The second-order valence-electron chi connectivity index (χ2n) is 3.48. The van der Waals surface area contributed by atoms with Crippen molar-refractivity contribution in [1.82, 2.24) is 0 Å². The number of hydrogen-bond acceptors (Lipinski definition) is 2. The standard InChI is InChI=1S/C10H10ClNO2/c11-6-3-5-1-2-8(12)9(5)7(4-6)10(13)14/h3-4,8H,1-2,12H2,(H,13,14)/t8-/m0/s1. The zero-order chi connectivity index (χ0) is 10.3. The second-order valence-corrected chi connectivity index (χ2v) is 3.91. The Labute approximate surface area is 86.5 Å². The minimum absolute atomic E-state index is 0.159. The van der Waals surface area contributed by atoms with E-state index in [1.807, 2.05) is 0 Å². The van der Waals surface area contributed by atoms with Gasteiger partial charge in [-0.2, -0.15) is 0 Å². The van der Waals surface area contributed by atoms with Crippen molar-refractivity contribution in [3.63, 3.8) is 0 Å². The Morgan fingerprint density at radius 1 is 1.57 bits per heavy atom. The molecular weight excluding hydrogens is 202 g/mol. The number of carboxylic acids is 1. The van der Waals surface area contributed by atoms with E-state index >= 15 is 0 Å². The molecule has 0 heterocycles. The van der Waals surface area contributed by atoms with Crippen LogP contribution in [0.3, 0.4) is 0 Å². The maximum atomic E-state index is 10.9. The summed E-state index contributed by atoms with van der Waals surface area (Å²) in [4.78, 5) is 10.9. The Bertz CT molecular complexity index is 403. The fourth-order valence-electron chi connectivity index (χ4n) is 1.95. The van der Waals surface area contributed by atoms with E-state index in [-0.39, 0.29) is 11.6 Å². The Balaban J connectivity index is 2.65. The molecule has 0 fully saturated rings. The molecule has 0 bridgehead atoms. The van der Waals surface area contributed by atoms with E-state index in [4.69, 9.17) is 22.4 Å². The molecule has 0 saturated carbocycles. The van der Waals surface area contributed by atoms with Gasteiger partial charge in [-0.25, -0.2) is 4.79 Å². The number of fused-ring (bicyclic) bond motifs is 1. The molecular formula is C10H10ClNO2. The smallest absolute Gasteiger partial charge is 0.336 e. The van der Waals surface area contributed by atoms with Crippen LogP contribution in [0.4, 0.5) is 0 Å². The summed E-state index contributed by atoms with van der Waals surface area (Å²) in [5.41, 5.74) is 7.80. The predicted molar refractivity (Wildman–Crippen MR) is 53.7 cm³/mol. The summed E-state index contributed by atoms with van der Waals surface area (Å²) in [6, 6.07) is 3.11. The van der Waals surface area contributed by atoms with E-state index in [9.17, 15) is 4.79 Å². The first-order valence-electron chi connectivity index (χ1n) is 4.41. The first-order chi connectivity index (χ1) is 6.59. The van der Waals surface area contributed by atoms with Crippen LogP contribution in [0, 0.1) is 0 Å². The lowest BCUT2D eigenvalue weighted by Crippen LogP contribution is -2.11. The highest BCUT2D eigenvalue weighted by Gasteiger charge is 2.25. The van der Waals surface area contributed by atoms with Crippen LogP contribution in [0.1, 0.15) is 33.9 Å². The highest BCUT2D eigenvalue weighted by molar-refractivity contribution is 6.31. The van der Waals surface area contributed by atoms with Gasteiger partial charge < -0.3 is 10.8 Å². The maximum absolute atomic E-state index is 10.9. The molecule has 1 aliphatic rings. The third-order valence-electron chi connectivity index (χ3n) is 2.56. The summed E-state index contributed by atoms with van der Waals surface area (Å²) >= 11 is 5.82. The van der Waals surface area contributed by atoms with E-state index < -0.39 is 5.97 Å². The Morgan fingerprint density at radius 2 is 2.29 bits per heavy atom. The summed E-state index contributed by atoms with van der Waals surface area (Å²) in [6.07, 6.45) is 1.62. The fourth-order valence-corrected chi connectivity index (χ4v) is 2.19. The normalized spacial score (nSPS) is 19.4. The van der Waals surface area contributed by atoms with Crippen molar-refractivity contribution in [2.45, 2.75) is 18.9 Å². The van der Waals surface area contributed by atoms with E-state index in [1.54, 1.807) is 6.07 Å². The van der Waals surface area contributed by atoms with Crippen molar-refractivity contribution in [3.8, 4) is 0 Å². The molecule has 3 nitrogen and oxygen atoms in total. The molecule has 0 unspecified atom stereocenters. The minimum atomic E-state index is -0.957.